The summed E-state index contributed by atoms with van der Waals surface area (Å²) < 4.78 is 28.5. The zero-order chi connectivity index (χ0) is 25.2. The fourth-order valence-corrected chi connectivity index (χ4v) is 5.29. The Morgan fingerprint density at radius 3 is 1.97 bits per heavy atom. The van der Waals surface area contributed by atoms with Gasteiger partial charge in [0.25, 0.3) is 0 Å². The standard InChI is InChI=1S/C30H22N4O2S/c35-37(36,25-17-16-22-9-6-18-31-28(22)19-25)32-20-21-12-14-24(15-13-21)30-29(23-7-2-1-3-8-23)33-26-10-4-5-11-27(26)34-30/h1-19,32H,20H2. The number of aromatic nitrogens is 3. The number of fused-ring (bicyclic) bond motifs is 2. The topological polar surface area (TPSA) is 84.8 Å². The molecule has 0 amide bonds. The summed E-state index contributed by atoms with van der Waals surface area (Å²) >= 11 is 0. The first kappa shape index (κ1) is 23.0. The number of pyridine rings is 1. The molecule has 4 aromatic carbocycles. The van der Waals surface area contributed by atoms with E-state index in [0.29, 0.717) is 5.52 Å². The highest BCUT2D eigenvalue weighted by molar-refractivity contribution is 7.89. The molecule has 2 heterocycles. The van der Waals surface area contributed by atoms with Crippen LogP contribution in [0.25, 0.3) is 44.5 Å². The molecule has 0 aliphatic rings. The molecule has 0 atom stereocenters. The number of hydrogen-bond donors (Lipinski definition) is 1. The van der Waals surface area contributed by atoms with E-state index >= 15 is 0 Å². The molecular formula is C30H22N4O2S. The summed E-state index contributed by atoms with van der Waals surface area (Å²) in [4.78, 5) is 14.3. The predicted molar refractivity (Wildman–Crippen MR) is 146 cm³/mol. The maximum Gasteiger partial charge on any atom is 0.240 e. The Hall–Kier alpha value is -4.46. The number of sulfonamides is 1. The van der Waals surface area contributed by atoms with Crippen LogP contribution in [-0.2, 0) is 16.6 Å². The Labute approximate surface area is 214 Å². The highest BCUT2D eigenvalue weighted by Crippen LogP contribution is 2.31. The van der Waals surface area contributed by atoms with Gasteiger partial charge in [0.05, 0.1) is 32.8 Å². The number of rotatable bonds is 6. The molecule has 0 saturated carbocycles. The summed E-state index contributed by atoms with van der Waals surface area (Å²) in [5.74, 6) is 0. The van der Waals surface area contributed by atoms with Gasteiger partial charge >= 0.3 is 0 Å². The number of nitrogens with one attached hydrogen (secondary N) is 1. The molecule has 7 heteroatoms. The van der Waals surface area contributed by atoms with Crippen molar-refractivity contribution in [2.75, 3.05) is 0 Å². The van der Waals surface area contributed by atoms with Crippen molar-refractivity contribution in [3.05, 3.63) is 121 Å². The van der Waals surface area contributed by atoms with Crippen LogP contribution in [0.5, 0.6) is 0 Å². The van der Waals surface area contributed by atoms with E-state index in [1.165, 1.54) is 0 Å². The second-order valence-corrected chi connectivity index (χ2v) is 10.4. The van der Waals surface area contributed by atoms with E-state index in [4.69, 9.17) is 9.97 Å². The van der Waals surface area contributed by atoms with Crippen LogP contribution in [0.2, 0.25) is 0 Å². The smallest absolute Gasteiger partial charge is 0.240 e. The van der Waals surface area contributed by atoms with E-state index in [-0.39, 0.29) is 11.4 Å². The average Bonchev–Trinajstić information content (AvgIpc) is 2.96. The van der Waals surface area contributed by atoms with Gasteiger partial charge in [-0.1, -0.05) is 78.9 Å². The number of hydrogen-bond acceptors (Lipinski definition) is 5. The highest BCUT2D eigenvalue weighted by Gasteiger charge is 2.16. The summed E-state index contributed by atoms with van der Waals surface area (Å²) in [5, 5.41) is 0.892. The third-order valence-electron chi connectivity index (χ3n) is 6.20. The first-order chi connectivity index (χ1) is 18.1. The Kier molecular flexibility index (Phi) is 5.92. The van der Waals surface area contributed by atoms with Crippen LogP contribution in [0.15, 0.2) is 120 Å². The zero-order valence-electron chi connectivity index (χ0n) is 19.7. The van der Waals surface area contributed by atoms with Crippen molar-refractivity contribution in [1.82, 2.24) is 19.7 Å². The van der Waals surface area contributed by atoms with Gasteiger partial charge in [-0.2, -0.15) is 0 Å². The Morgan fingerprint density at radius 2 is 1.27 bits per heavy atom. The maximum atomic E-state index is 12.9. The van der Waals surface area contributed by atoms with Gasteiger partial charge in [0.1, 0.15) is 0 Å². The van der Waals surface area contributed by atoms with Gasteiger partial charge in [0.2, 0.25) is 10.0 Å². The van der Waals surface area contributed by atoms with Crippen molar-refractivity contribution >= 4 is 32.0 Å². The average molecular weight is 503 g/mol. The maximum absolute atomic E-state index is 12.9. The molecule has 1 N–H and O–H groups in total. The van der Waals surface area contributed by atoms with E-state index in [1.54, 1.807) is 24.4 Å². The third kappa shape index (κ3) is 4.70. The molecule has 6 aromatic rings. The zero-order valence-corrected chi connectivity index (χ0v) is 20.6. The second kappa shape index (κ2) is 9.54. The molecule has 0 bridgehead atoms. The van der Waals surface area contributed by atoms with Crippen LogP contribution in [0.1, 0.15) is 5.56 Å². The number of para-hydroxylation sites is 2. The van der Waals surface area contributed by atoms with Crippen molar-refractivity contribution in [2.45, 2.75) is 11.4 Å². The molecule has 0 radical (unpaired) electrons. The van der Waals surface area contributed by atoms with Gasteiger partial charge in [-0.15, -0.1) is 0 Å². The van der Waals surface area contributed by atoms with Crippen LogP contribution in [0.3, 0.4) is 0 Å². The predicted octanol–water partition coefficient (Wildman–Crippen LogP) is 5.99. The minimum Gasteiger partial charge on any atom is -0.256 e. The Bertz CT molecular complexity index is 1840. The molecule has 0 fully saturated rings. The van der Waals surface area contributed by atoms with Crippen LogP contribution in [0, 0.1) is 0 Å². The van der Waals surface area contributed by atoms with Gasteiger partial charge in [-0.25, -0.2) is 23.1 Å². The van der Waals surface area contributed by atoms with Crippen LogP contribution >= 0.6 is 0 Å². The van der Waals surface area contributed by atoms with Crippen molar-refractivity contribution in [3.63, 3.8) is 0 Å². The number of nitrogens with zero attached hydrogens (tertiary/aromatic N) is 3. The molecule has 6 nitrogen and oxygen atoms in total. The van der Waals surface area contributed by atoms with E-state index in [9.17, 15) is 8.42 Å². The van der Waals surface area contributed by atoms with Crippen molar-refractivity contribution in [1.29, 1.82) is 0 Å². The van der Waals surface area contributed by atoms with Crippen molar-refractivity contribution < 1.29 is 8.42 Å². The van der Waals surface area contributed by atoms with Crippen LogP contribution < -0.4 is 4.72 Å². The van der Waals surface area contributed by atoms with Gasteiger partial charge < -0.3 is 0 Å². The monoisotopic (exact) mass is 502 g/mol. The quantitative estimate of drug-likeness (QED) is 0.302. The van der Waals surface area contributed by atoms with Gasteiger partial charge in [-0.3, -0.25) is 4.98 Å². The van der Waals surface area contributed by atoms with E-state index in [2.05, 4.69) is 9.71 Å². The molecular weight excluding hydrogens is 480 g/mol. The van der Waals surface area contributed by atoms with Gasteiger partial charge in [-0.05, 0) is 35.9 Å². The summed E-state index contributed by atoms with van der Waals surface area (Å²) in [7, 11) is -3.69. The minimum absolute atomic E-state index is 0.164. The fraction of sp³-hybridized carbons (Fsp3) is 0.0333. The molecule has 0 aliphatic heterocycles. The van der Waals surface area contributed by atoms with Gasteiger partial charge in [0.15, 0.2) is 0 Å². The molecule has 0 unspecified atom stereocenters. The van der Waals surface area contributed by atoms with Crippen molar-refractivity contribution in [2.24, 2.45) is 0 Å². The van der Waals surface area contributed by atoms with Crippen LogP contribution in [-0.4, -0.2) is 23.4 Å². The van der Waals surface area contributed by atoms with Gasteiger partial charge in [0, 0.05) is 29.3 Å². The highest BCUT2D eigenvalue weighted by atomic mass is 32.2. The van der Waals surface area contributed by atoms with E-state index < -0.39 is 10.0 Å². The molecule has 180 valence electrons. The first-order valence-corrected chi connectivity index (χ1v) is 13.3. The van der Waals surface area contributed by atoms with E-state index in [1.807, 2.05) is 91.0 Å². The third-order valence-corrected chi connectivity index (χ3v) is 7.60. The number of benzene rings is 4. The Morgan fingerprint density at radius 1 is 0.622 bits per heavy atom. The summed E-state index contributed by atoms with van der Waals surface area (Å²) in [6.07, 6.45) is 1.65. The molecule has 37 heavy (non-hydrogen) atoms. The lowest BCUT2D eigenvalue weighted by atomic mass is 10.0. The van der Waals surface area contributed by atoms with Crippen LogP contribution in [0.4, 0.5) is 0 Å². The summed E-state index contributed by atoms with van der Waals surface area (Å²) in [6.45, 7) is 0.164. The molecule has 0 spiro atoms. The minimum atomic E-state index is -3.69. The molecule has 0 aliphatic carbocycles. The lowest BCUT2D eigenvalue weighted by Crippen LogP contribution is -2.23. The molecule has 6 rings (SSSR count). The fourth-order valence-electron chi connectivity index (χ4n) is 4.25. The summed E-state index contributed by atoms with van der Waals surface area (Å²) in [5.41, 5.74) is 6.60. The second-order valence-electron chi connectivity index (χ2n) is 8.65. The first-order valence-electron chi connectivity index (χ1n) is 11.8. The molecule has 2 aromatic heterocycles. The SMILES string of the molecule is O=S(=O)(NCc1ccc(-c2nc3ccccc3nc2-c2ccccc2)cc1)c1ccc2cccnc2c1. The van der Waals surface area contributed by atoms with Crippen molar-refractivity contribution in [3.8, 4) is 22.5 Å². The largest absolute Gasteiger partial charge is 0.256 e. The lowest BCUT2D eigenvalue weighted by molar-refractivity contribution is 0.581. The van der Waals surface area contributed by atoms with E-state index in [0.717, 1.165) is 44.5 Å². The lowest BCUT2D eigenvalue weighted by Gasteiger charge is -2.12. The summed E-state index contributed by atoms with van der Waals surface area (Å²) in [6, 6.07) is 34.2. The Balaban J connectivity index is 1.28. The normalized spacial score (nSPS) is 11.7. The molecule has 0 saturated heterocycles.